The van der Waals surface area contributed by atoms with Gasteiger partial charge in [0.2, 0.25) is 0 Å². The van der Waals surface area contributed by atoms with Crippen LogP contribution in [0.3, 0.4) is 0 Å². The Morgan fingerprint density at radius 1 is 0.966 bits per heavy atom. The lowest BCUT2D eigenvalue weighted by Crippen LogP contribution is -2.28. The molecule has 6 nitrogen and oxygen atoms in total. The highest BCUT2D eigenvalue weighted by atomic mass is 19.2. The van der Waals surface area contributed by atoms with Gasteiger partial charge in [-0.25, -0.2) is 8.78 Å². The van der Waals surface area contributed by atoms with E-state index in [0.717, 1.165) is 17.9 Å². The number of hydrogen-bond acceptors (Lipinski definition) is 5. The van der Waals surface area contributed by atoms with Crippen LogP contribution in [-0.4, -0.2) is 31.2 Å². The molecular weight excluding hydrogens is 380 g/mol. The fraction of sp³-hybridized carbons (Fsp3) is 0.143. The highest BCUT2D eigenvalue weighted by molar-refractivity contribution is 5.93. The van der Waals surface area contributed by atoms with Gasteiger partial charge in [0.15, 0.2) is 11.6 Å². The van der Waals surface area contributed by atoms with Gasteiger partial charge in [-0.1, -0.05) is 0 Å². The number of hydrogen-bond donors (Lipinski definition) is 2. The fourth-order valence-corrected chi connectivity index (χ4v) is 2.47. The molecule has 0 radical (unpaired) electrons. The van der Waals surface area contributed by atoms with Crippen molar-refractivity contribution in [1.82, 2.24) is 10.3 Å². The summed E-state index contributed by atoms with van der Waals surface area (Å²) in [5.74, 6) is -0.872. The maximum absolute atomic E-state index is 13.3. The standard InChI is InChI=1S/C21H19F2N3O3/c1-28-16-3-5-17(6-4-16)29-11-10-25-21(27)20-13-15(8-9-24-20)26-14-2-7-18(22)19(23)12-14/h2-9,12-13H,10-11H2,1H3,(H,24,26)(H,25,27). The van der Waals surface area contributed by atoms with Crippen molar-refractivity contribution < 1.29 is 23.0 Å². The average Bonchev–Trinajstić information content (AvgIpc) is 2.74. The van der Waals surface area contributed by atoms with Gasteiger partial charge >= 0.3 is 0 Å². The number of nitrogens with zero attached hydrogens (tertiary/aromatic N) is 1. The van der Waals surface area contributed by atoms with Gasteiger partial charge in [-0.3, -0.25) is 9.78 Å². The molecule has 1 heterocycles. The monoisotopic (exact) mass is 399 g/mol. The molecule has 1 aromatic heterocycles. The normalized spacial score (nSPS) is 10.3. The number of anilines is 2. The maximum atomic E-state index is 13.3. The van der Waals surface area contributed by atoms with Crippen molar-refractivity contribution in [3.63, 3.8) is 0 Å². The summed E-state index contributed by atoms with van der Waals surface area (Å²) in [6, 6.07) is 13.7. The van der Waals surface area contributed by atoms with E-state index < -0.39 is 11.6 Å². The zero-order valence-electron chi connectivity index (χ0n) is 15.6. The van der Waals surface area contributed by atoms with Gasteiger partial charge in [0.1, 0.15) is 23.8 Å². The number of ether oxygens (including phenoxy) is 2. The lowest BCUT2D eigenvalue weighted by molar-refractivity contribution is 0.0942. The van der Waals surface area contributed by atoms with Crippen LogP contribution in [0.2, 0.25) is 0 Å². The third-order valence-electron chi connectivity index (χ3n) is 3.92. The number of nitrogens with one attached hydrogen (secondary N) is 2. The number of carbonyl (C=O) groups is 1. The van der Waals surface area contributed by atoms with E-state index in [4.69, 9.17) is 9.47 Å². The molecule has 0 saturated heterocycles. The molecule has 0 aliphatic rings. The topological polar surface area (TPSA) is 72.5 Å². The molecule has 3 aromatic rings. The summed E-state index contributed by atoms with van der Waals surface area (Å²) in [4.78, 5) is 16.3. The summed E-state index contributed by atoms with van der Waals surface area (Å²) in [7, 11) is 1.59. The van der Waals surface area contributed by atoms with Crippen LogP contribution < -0.4 is 20.1 Å². The van der Waals surface area contributed by atoms with Crippen LogP contribution in [0.15, 0.2) is 60.8 Å². The van der Waals surface area contributed by atoms with Gasteiger partial charge in [-0.05, 0) is 48.5 Å². The first-order valence-corrected chi connectivity index (χ1v) is 8.78. The summed E-state index contributed by atoms with van der Waals surface area (Å²) < 4.78 is 36.9. The van der Waals surface area contributed by atoms with Crippen molar-refractivity contribution in [3.05, 3.63) is 78.1 Å². The maximum Gasteiger partial charge on any atom is 0.270 e. The fourth-order valence-electron chi connectivity index (χ4n) is 2.47. The lowest BCUT2D eigenvalue weighted by atomic mass is 10.2. The SMILES string of the molecule is COc1ccc(OCCNC(=O)c2cc(Nc3ccc(F)c(F)c3)ccn2)cc1. The van der Waals surface area contributed by atoms with Gasteiger partial charge in [-0.15, -0.1) is 0 Å². The Labute approximate surface area is 166 Å². The molecule has 2 N–H and O–H groups in total. The van der Waals surface area contributed by atoms with Gasteiger partial charge in [0, 0.05) is 23.6 Å². The number of benzene rings is 2. The molecule has 0 unspecified atom stereocenters. The molecular formula is C21H19F2N3O3. The molecule has 150 valence electrons. The van der Waals surface area contributed by atoms with Crippen LogP contribution in [0.5, 0.6) is 11.5 Å². The number of pyridine rings is 1. The minimum atomic E-state index is -0.959. The molecule has 0 fully saturated rings. The minimum absolute atomic E-state index is 0.182. The van der Waals surface area contributed by atoms with Crippen molar-refractivity contribution >= 4 is 17.3 Å². The Morgan fingerprint density at radius 3 is 2.41 bits per heavy atom. The van der Waals surface area contributed by atoms with E-state index in [9.17, 15) is 13.6 Å². The minimum Gasteiger partial charge on any atom is -0.497 e. The Kier molecular flexibility index (Phi) is 6.57. The summed E-state index contributed by atoms with van der Waals surface area (Å²) in [5.41, 5.74) is 1.06. The molecule has 8 heteroatoms. The number of aromatic nitrogens is 1. The average molecular weight is 399 g/mol. The summed E-state index contributed by atoms with van der Waals surface area (Å²) >= 11 is 0. The van der Waals surface area contributed by atoms with E-state index in [-0.39, 0.29) is 24.8 Å². The van der Waals surface area contributed by atoms with Crippen molar-refractivity contribution in [2.24, 2.45) is 0 Å². The predicted octanol–water partition coefficient (Wildman–Crippen LogP) is 3.92. The highest BCUT2D eigenvalue weighted by Gasteiger charge is 2.09. The highest BCUT2D eigenvalue weighted by Crippen LogP contribution is 2.19. The van der Waals surface area contributed by atoms with Gasteiger partial charge < -0.3 is 20.1 Å². The number of amides is 1. The number of rotatable bonds is 8. The molecule has 0 bridgehead atoms. The largest absolute Gasteiger partial charge is 0.497 e. The first-order chi connectivity index (χ1) is 14.0. The molecule has 0 spiro atoms. The van der Waals surface area contributed by atoms with Crippen molar-refractivity contribution in [2.45, 2.75) is 0 Å². The molecule has 0 aliphatic heterocycles. The Morgan fingerprint density at radius 2 is 1.69 bits per heavy atom. The Balaban J connectivity index is 1.51. The number of methoxy groups -OCH3 is 1. The molecule has 0 aliphatic carbocycles. The molecule has 1 amide bonds. The summed E-state index contributed by atoms with van der Waals surface area (Å²) in [6.45, 7) is 0.568. The van der Waals surface area contributed by atoms with E-state index in [0.29, 0.717) is 17.1 Å². The van der Waals surface area contributed by atoms with Crippen LogP contribution in [0, 0.1) is 11.6 Å². The van der Waals surface area contributed by atoms with Gasteiger partial charge in [0.25, 0.3) is 5.91 Å². The van der Waals surface area contributed by atoms with E-state index >= 15 is 0 Å². The second-order valence-electron chi connectivity index (χ2n) is 5.96. The van der Waals surface area contributed by atoms with Crippen LogP contribution in [0.4, 0.5) is 20.2 Å². The predicted molar refractivity (Wildman–Crippen MR) is 105 cm³/mol. The molecule has 0 saturated carbocycles. The molecule has 2 aromatic carbocycles. The van der Waals surface area contributed by atoms with E-state index in [1.165, 1.54) is 18.3 Å². The smallest absolute Gasteiger partial charge is 0.270 e. The Bertz CT molecular complexity index is 981. The van der Waals surface area contributed by atoms with Crippen molar-refractivity contribution in [3.8, 4) is 11.5 Å². The van der Waals surface area contributed by atoms with Crippen LogP contribution in [0.25, 0.3) is 0 Å². The zero-order valence-corrected chi connectivity index (χ0v) is 15.6. The van der Waals surface area contributed by atoms with Gasteiger partial charge in [-0.2, -0.15) is 0 Å². The van der Waals surface area contributed by atoms with Crippen LogP contribution in [0.1, 0.15) is 10.5 Å². The van der Waals surface area contributed by atoms with Crippen molar-refractivity contribution in [2.75, 3.05) is 25.6 Å². The third-order valence-corrected chi connectivity index (χ3v) is 3.92. The zero-order chi connectivity index (χ0) is 20.6. The molecule has 3 rings (SSSR count). The first kappa shape index (κ1) is 20.1. The van der Waals surface area contributed by atoms with E-state index in [1.807, 2.05) is 0 Å². The van der Waals surface area contributed by atoms with Gasteiger partial charge in [0.05, 0.1) is 13.7 Å². The van der Waals surface area contributed by atoms with E-state index in [1.54, 1.807) is 37.4 Å². The second-order valence-corrected chi connectivity index (χ2v) is 5.96. The lowest BCUT2D eigenvalue weighted by Gasteiger charge is -2.10. The Hall–Kier alpha value is -3.68. The third kappa shape index (κ3) is 5.65. The van der Waals surface area contributed by atoms with E-state index in [2.05, 4.69) is 15.6 Å². The molecule has 0 atom stereocenters. The molecule has 29 heavy (non-hydrogen) atoms. The first-order valence-electron chi connectivity index (χ1n) is 8.78. The second kappa shape index (κ2) is 9.50. The van der Waals surface area contributed by atoms with Crippen LogP contribution >= 0.6 is 0 Å². The quantitative estimate of drug-likeness (QED) is 0.562. The number of carbonyl (C=O) groups excluding carboxylic acids is 1. The number of halogens is 2. The summed E-state index contributed by atoms with van der Waals surface area (Å²) in [6.07, 6.45) is 1.45. The summed E-state index contributed by atoms with van der Waals surface area (Å²) in [5, 5.41) is 5.61. The van der Waals surface area contributed by atoms with Crippen LogP contribution in [-0.2, 0) is 0 Å². The van der Waals surface area contributed by atoms with Crippen molar-refractivity contribution in [1.29, 1.82) is 0 Å².